The number of amides is 1. The van der Waals surface area contributed by atoms with Gasteiger partial charge in [0.2, 0.25) is 0 Å². The first-order chi connectivity index (χ1) is 15.6. The van der Waals surface area contributed by atoms with E-state index in [1.165, 1.54) is 23.3 Å². The van der Waals surface area contributed by atoms with Crippen LogP contribution in [0.1, 0.15) is 36.4 Å². The number of carbonyl (C=O) groups is 1. The lowest BCUT2D eigenvalue weighted by Gasteiger charge is -2.29. The molecule has 0 aliphatic carbocycles. The van der Waals surface area contributed by atoms with Gasteiger partial charge in [-0.15, -0.1) is 0 Å². The van der Waals surface area contributed by atoms with Crippen molar-refractivity contribution in [1.82, 2.24) is 24.8 Å². The summed E-state index contributed by atoms with van der Waals surface area (Å²) in [6, 6.07) is 10.7. The number of H-pyrrole nitrogens is 1. The Kier molecular flexibility index (Phi) is 5.53. The number of nitrogens with one attached hydrogen (secondary N) is 2. The van der Waals surface area contributed by atoms with Crippen LogP contribution in [0.2, 0.25) is 0 Å². The van der Waals surface area contributed by atoms with Crippen molar-refractivity contribution in [3.05, 3.63) is 54.0 Å². The smallest absolute Gasteiger partial charge is 0.407 e. The Bertz CT molecular complexity index is 1160. The average Bonchev–Trinajstić information content (AvgIpc) is 3.25. The van der Waals surface area contributed by atoms with Crippen molar-refractivity contribution in [3.63, 3.8) is 0 Å². The zero-order chi connectivity index (χ0) is 22.1. The third-order valence-electron chi connectivity index (χ3n) is 6.59. The summed E-state index contributed by atoms with van der Waals surface area (Å²) in [5.41, 5.74) is 5.24. The van der Waals surface area contributed by atoms with Crippen LogP contribution in [-0.4, -0.2) is 69.2 Å². The number of rotatable bonds is 4. The van der Waals surface area contributed by atoms with Gasteiger partial charge in [0.25, 0.3) is 0 Å². The van der Waals surface area contributed by atoms with Crippen LogP contribution in [0.3, 0.4) is 0 Å². The van der Waals surface area contributed by atoms with Crippen molar-refractivity contribution in [2.45, 2.75) is 25.2 Å². The van der Waals surface area contributed by atoms with Crippen molar-refractivity contribution in [2.75, 3.05) is 38.5 Å². The maximum Gasteiger partial charge on any atom is 0.407 e. The fourth-order valence-electron chi connectivity index (χ4n) is 4.65. The third-order valence-corrected chi connectivity index (χ3v) is 6.59. The van der Waals surface area contributed by atoms with Crippen molar-refractivity contribution in [1.29, 1.82) is 0 Å². The lowest BCUT2D eigenvalue weighted by molar-refractivity contribution is 0.150. The highest BCUT2D eigenvalue weighted by Gasteiger charge is 2.20. The van der Waals surface area contributed by atoms with E-state index >= 15 is 0 Å². The minimum Gasteiger partial charge on any atom is -0.465 e. The molecular formula is C24H28N6O2. The van der Waals surface area contributed by atoms with Gasteiger partial charge < -0.3 is 25.2 Å². The van der Waals surface area contributed by atoms with Crippen LogP contribution in [0.15, 0.2) is 42.7 Å². The quantitative estimate of drug-likeness (QED) is 0.569. The van der Waals surface area contributed by atoms with Gasteiger partial charge in [-0.1, -0.05) is 18.2 Å². The summed E-state index contributed by atoms with van der Waals surface area (Å²) in [6.07, 6.45) is 5.70. The minimum absolute atomic E-state index is 0.403. The van der Waals surface area contributed by atoms with E-state index in [2.05, 4.69) is 62.5 Å². The van der Waals surface area contributed by atoms with E-state index < -0.39 is 6.09 Å². The maximum absolute atomic E-state index is 11.2. The number of hydrogen-bond acceptors (Lipinski definition) is 5. The molecule has 3 N–H and O–H groups in total. The molecule has 0 spiro atoms. The molecule has 2 aliphatic heterocycles. The summed E-state index contributed by atoms with van der Waals surface area (Å²) in [7, 11) is 2.19. The van der Waals surface area contributed by atoms with Crippen LogP contribution < -0.4 is 5.32 Å². The summed E-state index contributed by atoms with van der Waals surface area (Å²) in [6.45, 7) is 3.18. The Hall–Kier alpha value is -3.39. The van der Waals surface area contributed by atoms with Crippen LogP contribution >= 0.6 is 0 Å². The summed E-state index contributed by atoms with van der Waals surface area (Å²) >= 11 is 0. The molecule has 0 atom stereocenters. The van der Waals surface area contributed by atoms with Crippen LogP contribution in [0.25, 0.3) is 16.6 Å². The minimum atomic E-state index is -0.878. The van der Waals surface area contributed by atoms with Crippen LogP contribution in [0.4, 0.5) is 16.3 Å². The first-order valence-electron chi connectivity index (χ1n) is 11.1. The molecule has 8 heteroatoms. The van der Waals surface area contributed by atoms with Crippen molar-refractivity contribution < 1.29 is 9.90 Å². The van der Waals surface area contributed by atoms with E-state index in [1.807, 2.05) is 6.08 Å². The largest absolute Gasteiger partial charge is 0.465 e. The molecule has 1 saturated heterocycles. The number of hydrogen-bond donors (Lipinski definition) is 3. The molecule has 2 aromatic heterocycles. The predicted octanol–water partition coefficient (Wildman–Crippen LogP) is 4.28. The number of anilines is 2. The first-order valence-corrected chi connectivity index (χ1v) is 11.1. The zero-order valence-electron chi connectivity index (χ0n) is 18.2. The molecule has 8 nitrogen and oxygen atoms in total. The number of aromatic amines is 1. The molecule has 1 amide bonds. The van der Waals surface area contributed by atoms with Gasteiger partial charge in [-0.05, 0) is 74.7 Å². The van der Waals surface area contributed by atoms with Gasteiger partial charge in [0.05, 0.1) is 5.39 Å². The Labute approximate surface area is 187 Å². The van der Waals surface area contributed by atoms with Crippen LogP contribution in [0.5, 0.6) is 0 Å². The molecule has 2 aliphatic rings. The Balaban J connectivity index is 1.38. The molecule has 0 radical (unpaired) electrons. The highest BCUT2D eigenvalue weighted by molar-refractivity contribution is 5.92. The van der Waals surface area contributed by atoms with Gasteiger partial charge in [-0.2, -0.15) is 0 Å². The monoisotopic (exact) mass is 432 g/mol. The SMILES string of the molecule is CN1CCC(c2cccc(Nc3ncnc4[nH]c(C5=CCN(C(=O)O)CC5)cc34)c2)CC1. The number of piperidine rings is 1. The highest BCUT2D eigenvalue weighted by atomic mass is 16.4. The van der Waals surface area contributed by atoms with E-state index in [0.29, 0.717) is 25.4 Å². The van der Waals surface area contributed by atoms with Gasteiger partial charge >= 0.3 is 6.09 Å². The van der Waals surface area contributed by atoms with Gasteiger partial charge in [0.15, 0.2) is 0 Å². The van der Waals surface area contributed by atoms with E-state index in [1.54, 1.807) is 6.33 Å². The van der Waals surface area contributed by atoms with Gasteiger partial charge in [-0.3, -0.25) is 0 Å². The molecular weight excluding hydrogens is 404 g/mol. The molecule has 166 valence electrons. The van der Waals surface area contributed by atoms with Crippen molar-refractivity contribution in [2.24, 2.45) is 0 Å². The molecule has 1 aromatic carbocycles. The average molecular weight is 433 g/mol. The summed E-state index contributed by atoms with van der Waals surface area (Å²) in [4.78, 5) is 27.2. The number of benzene rings is 1. The molecule has 4 heterocycles. The Morgan fingerprint density at radius 1 is 1.19 bits per heavy atom. The second-order valence-electron chi connectivity index (χ2n) is 8.70. The lowest BCUT2D eigenvalue weighted by Crippen LogP contribution is -2.33. The number of aromatic nitrogens is 3. The van der Waals surface area contributed by atoms with Crippen molar-refractivity contribution >= 4 is 34.2 Å². The molecule has 0 bridgehead atoms. The van der Waals surface area contributed by atoms with E-state index in [0.717, 1.165) is 46.9 Å². The fourth-order valence-corrected chi connectivity index (χ4v) is 4.65. The standard InChI is InChI=1S/C24H28N6O2/c1-29-9-5-16(6-10-29)18-3-2-4-19(13-18)27-22-20-14-21(28-23(20)26-15-25-22)17-7-11-30(12-8-17)24(31)32/h2-4,7,13-16H,5-6,8-12H2,1H3,(H,31,32)(H2,25,26,27,28). The highest BCUT2D eigenvalue weighted by Crippen LogP contribution is 2.32. The zero-order valence-corrected chi connectivity index (χ0v) is 18.2. The third kappa shape index (κ3) is 4.18. The maximum atomic E-state index is 11.2. The molecule has 0 unspecified atom stereocenters. The molecule has 32 heavy (non-hydrogen) atoms. The normalized spacial score (nSPS) is 18.0. The molecule has 5 rings (SSSR count). The predicted molar refractivity (Wildman–Crippen MR) is 125 cm³/mol. The van der Waals surface area contributed by atoms with E-state index in [4.69, 9.17) is 5.11 Å². The van der Waals surface area contributed by atoms with Crippen molar-refractivity contribution in [3.8, 4) is 0 Å². The fraction of sp³-hybridized carbons (Fsp3) is 0.375. The summed E-state index contributed by atoms with van der Waals surface area (Å²) in [5.74, 6) is 1.36. The second-order valence-corrected chi connectivity index (χ2v) is 8.70. The Morgan fingerprint density at radius 2 is 2.03 bits per heavy atom. The summed E-state index contributed by atoms with van der Waals surface area (Å²) < 4.78 is 0. The number of likely N-dealkylation sites (tertiary alicyclic amines) is 1. The Morgan fingerprint density at radius 3 is 2.78 bits per heavy atom. The number of carboxylic acid groups (broad SMARTS) is 1. The van der Waals surface area contributed by atoms with E-state index in [-0.39, 0.29) is 0 Å². The van der Waals surface area contributed by atoms with Gasteiger partial charge in [-0.25, -0.2) is 14.8 Å². The number of nitrogens with zero attached hydrogens (tertiary/aromatic N) is 4. The topological polar surface area (TPSA) is 97.4 Å². The van der Waals surface area contributed by atoms with E-state index in [9.17, 15) is 4.79 Å². The molecule has 3 aromatic rings. The van der Waals surface area contributed by atoms with Crippen LogP contribution in [-0.2, 0) is 0 Å². The number of fused-ring (bicyclic) bond motifs is 1. The second kappa shape index (κ2) is 8.63. The molecule has 1 fully saturated rings. The lowest BCUT2D eigenvalue weighted by atomic mass is 9.89. The first kappa shape index (κ1) is 20.5. The van der Waals surface area contributed by atoms with Crippen LogP contribution in [0, 0.1) is 0 Å². The van der Waals surface area contributed by atoms with Gasteiger partial charge in [0, 0.05) is 24.5 Å². The molecule has 0 saturated carbocycles. The van der Waals surface area contributed by atoms with Gasteiger partial charge in [0.1, 0.15) is 17.8 Å². The summed E-state index contributed by atoms with van der Waals surface area (Å²) in [5, 5.41) is 13.6.